The van der Waals surface area contributed by atoms with Crippen LogP contribution in [-0.4, -0.2) is 50.2 Å². The Morgan fingerprint density at radius 3 is 2.39 bits per heavy atom. The molecule has 1 heterocycles. The highest BCUT2D eigenvalue weighted by Crippen LogP contribution is 2.18. The lowest BCUT2D eigenvalue weighted by Crippen LogP contribution is -2.43. The molecule has 0 spiro atoms. The van der Waals surface area contributed by atoms with Crippen molar-refractivity contribution in [2.24, 2.45) is 0 Å². The minimum Gasteiger partial charge on any atom is -0.494 e. The lowest BCUT2D eigenvalue weighted by molar-refractivity contribution is -0.132. The van der Waals surface area contributed by atoms with E-state index in [9.17, 15) is 4.79 Å². The van der Waals surface area contributed by atoms with Gasteiger partial charge in [0.2, 0.25) is 5.91 Å². The molecule has 0 aromatic heterocycles. The summed E-state index contributed by atoms with van der Waals surface area (Å²) in [5.74, 6) is 1.87. The fourth-order valence-corrected chi connectivity index (χ4v) is 2.79. The monoisotopic (exact) mass is 320 g/mol. The van der Waals surface area contributed by atoms with E-state index in [-0.39, 0.29) is 5.91 Å². The normalized spacial score (nSPS) is 15.2. The predicted molar refractivity (Wildman–Crippen MR) is 91.0 cm³/mol. The number of carbonyl (C=O) groups is 1. The first-order valence-corrected chi connectivity index (χ1v) is 8.52. The maximum absolute atomic E-state index is 12.2. The Morgan fingerprint density at radius 2 is 1.78 bits per heavy atom. The molecule has 1 aromatic carbocycles. The summed E-state index contributed by atoms with van der Waals surface area (Å²) in [5.41, 5.74) is 0. The first kappa shape index (κ1) is 17.6. The van der Waals surface area contributed by atoms with Gasteiger partial charge in [0.1, 0.15) is 11.5 Å². The molecule has 5 nitrogen and oxygen atoms in total. The highest BCUT2D eigenvalue weighted by Gasteiger charge is 2.21. The van der Waals surface area contributed by atoms with Gasteiger partial charge in [-0.25, -0.2) is 0 Å². The van der Waals surface area contributed by atoms with Crippen molar-refractivity contribution in [2.75, 3.05) is 33.4 Å². The van der Waals surface area contributed by atoms with E-state index in [0.29, 0.717) is 25.7 Å². The van der Waals surface area contributed by atoms with Gasteiger partial charge in [0, 0.05) is 19.5 Å². The third-order valence-electron chi connectivity index (χ3n) is 4.19. The smallest absolute Gasteiger partial charge is 0.222 e. The molecule has 0 unspecified atom stereocenters. The standard InChI is InChI=1S/C18H28N2O3/c1-3-22-16-6-8-17(9-7-16)23-14-4-5-18(21)20(2)15-10-12-19-13-11-15/h6-9,15,19H,3-5,10-14H2,1-2H3. The Hall–Kier alpha value is -1.75. The van der Waals surface area contributed by atoms with Crippen molar-refractivity contribution in [2.45, 2.75) is 38.6 Å². The molecule has 1 saturated heterocycles. The van der Waals surface area contributed by atoms with Crippen molar-refractivity contribution < 1.29 is 14.3 Å². The molecular weight excluding hydrogens is 292 g/mol. The SMILES string of the molecule is CCOc1ccc(OCCCC(=O)N(C)C2CCNCC2)cc1. The van der Waals surface area contributed by atoms with Crippen LogP contribution in [0.4, 0.5) is 0 Å². The minimum atomic E-state index is 0.215. The Kier molecular flexibility index (Phi) is 7.20. The Balaban J connectivity index is 1.65. The fourth-order valence-electron chi connectivity index (χ4n) is 2.79. The second-order valence-corrected chi connectivity index (χ2v) is 5.84. The van der Waals surface area contributed by atoms with Crippen LogP contribution in [0.1, 0.15) is 32.6 Å². The highest BCUT2D eigenvalue weighted by molar-refractivity contribution is 5.76. The second-order valence-electron chi connectivity index (χ2n) is 5.84. The largest absolute Gasteiger partial charge is 0.494 e. The van der Waals surface area contributed by atoms with E-state index in [1.54, 1.807) is 0 Å². The Morgan fingerprint density at radius 1 is 1.17 bits per heavy atom. The van der Waals surface area contributed by atoms with Gasteiger partial charge in [0.25, 0.3) is 0 Å². The van der Waals surface area contributed by atoms with Crippen molar-refractivity contribution in [1.29, 1.82) is 0 Å². The quantitative estimate of drug-likeness (QED) is 0.748. The maximum Gasteiger partial charge on any atom is 0.222 e. The molecule has 1 amide bonds. The summed E-state index contributed by atoms with van der Waals surface area (Å²) in [6.07, 6.45) is 3.37. The van der Waals surface area contributed by atoms with Gasteiger partial charge in [-0.3, -0.25) is 4.79 Å². The van der Waals surface area contributed by atoms with Gasteiger partial charge in [-0.05, 0) is 63.5 Å². The van der Waals surface area contributed by atoms with Crippen LogP contribution in [0.5, 0.6) is 11.5 Å². The molecule has 1 fully saturated rings. The average molecular weight is 320 g/mol. The van der Waals surface area contributed by atoms with Crippen LogP contribution in [0.15, 0.2) is 24.3 Å². The zero-order valence-electron chi connectivity index (χ0n) is 14.2. The first-order chi connectivity index (χ1) is 11.2. The minimum absolute atomic E-state index is 0.215. The maximum atomic E-state index is 12.2. The van der Waals surface area contributed by atoms with Crippen molar-refractivity contribution in [3.63, 3.8) is 0 Å². The van der Waals surface area contributed by atoms with Gasteiger partial charge < -0.3 is 19.7 Å². The van der Waals surface area contributed by atoms with E-state index < -0.39 is 0 Å². The summed E-state index contributed by atoms with van der Waals surface area (Å²) in [5, 5.41) is 3.32. The van der Waals surface area contributed by atoms with Gasteiger partial charge in [-0.1, -0.05) is 0 Å². The molecule has 0 saturated carbocycles. The van der Waals surface area contributed by atoms with Gasteiger partial charge in [0.05, 0.1) is 13.2 Å². The van der Waals surface area contributed by atoms with E-state index in [2.05, 4.69) is 5.32 Å². The topological polar surface area (TPSA) is 50.8 Å². The zero-order valence-corrected chi connectivity index (χ0v) is 14.2. The molecule has 128 valence electrons. The highest BCUT2D eigenvalue weighted by atomic mass is 16.5. The third kappa shape index (κ3) is 5.75. The number of piperidine rings is 1. The van der Waals surface area contributed by atoms with Crippen molar-refractivity contribution in [3.05, 3.63) is 24.3 Å². The molecule has 0 radical (unpaired) electrons. The summed E-state index contributed by atoms with van der Waals surface area (Å²) in [4.78, 5) is 14.1. The number of nitrogens with zero attached hydrogens (tertiary/aromatic N) is 1. The van der Waals surface area contributed by atoms with E-state index in [0.717, 1.165) is 43.9 Å². The van der Waals surface area contributed by atoms with Gasteiger partial charge >= 0.3 is 0 Å². The van der Waals surface area contributed by atoms with Gasteiger partial charge in [-0.15, -0.1) is 0 Å². The number of amides is 1. The Labute approximate surface area is 139 Å². The molecule has 5 heteroatoms. The predicted octanol–water partition coefficient (Wildman–Crippen LogP) is 2.45. The molecule has 1 N–H and O–H groups in total. The van der Waals surface area contributed by atoms with Gasteiger partial charge in [0.15, 0.2) is 0 Å². The van der Waals surface area contributed by atoms with Crippen LogP contribution in [-0.2, 0) is 4.79 Å². The second kappa shape index (κ2) is 9.40. The van der Waals surface area contributed by atoms with Crippen molar-refractivity contribution >= 4 is 5.91 Å². The molecular formula is C18H28N2O3. The molecule has 0 atom stereocenters. The average Bonchev–Trinajstić information content (AvgIpc) is 2.60. The summed E-state index contributed by atoms with van der Waals surface area (Å²) >= 11 is 0. The first-order valence-electron chi connectivity index (χ1n) is 8.52. The fraction of sp³-hybridized carbons (Fsp3) is 0.611. The lowest BCUT2D eigenvalue weighted by Gasteiger charge is -2.31. The van der Waals surface area contributed by atoms with Crippen LogP contribution in [0.2, 0.25) is 0 Å². The summed E-state index contributed by atoms with van der Waals surface area (Å²) in [7, 11) is 1.92. The lowest BCUT2D eigenvalue weighted by atomic mass is 10.0. The molecule has 0 aliphatic carbocycles. The number of rotatable bonds is 8. The molecule has 2 rings (SSSR count). The molecule has 1 aliphatic heterocycles. The van der Waals surface area contributed by atoms with E-state index >= 15 is 0 Å². The Bertz CT molecular complexity index is 470. The van der Waals surface area contributed by atoms with Crippen LogP contribution in [0, 0.1) is 0 Å². The number of benzene rings is 1. The van der Waals surface area contributed by atoms with E-state index in [1.165, 1.54) is 0 Å². The zero-order chi connectivity index (χ0) is 16.5. The molecule has 23 heavy (non-hydrogen) atoms. The molecule has 1 aromatic rings. The van der Waals surface area contributed by atoms with Crippen molar-refractivity contribution in [1.82, 2.24) is 10.2 Å². The molecule has 0 bridgehead atoms. The summed E-state index contributed by atoms with van der Waals surface area (Å²) in [6.45, 7) is 5.18. The van der Waals surface area contributed by atoms with E-state index in [4.69, 9.17) is 9.47 Å². The molecule has 1 aliphatic rings. The number of ether oxygens (including phenoxy) is 2. The number of nitrogens with one attached hydrogen (secondary N) is 1. The third-order valence-corrected chi connectivity index (χ3v) is 4.19. The van der Waals surface area contributed by atoms with Crippen LogP contribution >= 0.6 is 0 Å². The van der Waals surface area contributed by atoms with E-state index in [1.807, 2.05) is 43.1 Å². The van der Waals surface area contributed by atoms with Gasteiger partial charge in [-0.2, -0.15) is 0 Å². The summed E-state index contributed by atoms with van der Waals surface area (Å²) in [6, 6.07) is 7.97. The summed E-state index contributed by atoms with van der Waals surface area (Å²) < 4.78 is 11.1. The van der Waals surface area contributed by atoms with Crippen LogP contribution in [0.25, 0.3) is 0 Å². The van der Waals surface area contributed by atoms with Crippen LogP contribution < -0.4 is 14.8 Å². The number of hydrogen-bond acceptors (Lipinski definition) is 4. The number of hydrogen-bond donors (Lipinski definition) is 1. The number of carbonyl (C=O) groups excluding carboxylic acids is 1. The van der Waals surface area contributed by atoms with Crippen molar-refractivity contribution in [3.8, 4) is 11.5 Å². The van der Waals surface area contributed by atoms with Crippen LogP contribution in [0.3, 0.4) is 0 Å².